The van der Waals surface area contributed by atoms with Gasteiger partial charge in [0.2, 0.25) is 0 Å². The summed E-state index contributed by atoms with van der Waals surface area (Å²) in [6.07, 6.45) is 0. The molecular weight excluding hydrogens is 228 g/mol. The molecule has 0 saturated carbocycles. The minimum atomic E-state index is -0.495. The molecule has 94 valence electrons. The fraction of sp³-hybridized carbons (Fsp3) is 0.286. The average molecular weight is 244 g/mol. The summed E-state index contributed by atoms with van der Waals surface area (Å²) in [5.74, 6) is -0.990. The molecule has 0 atom stereocenters. The van der Waals surface area contributed by atoms with Gasteiger partial charge in [0.25, 0.3) is 11.6 Å². The van der Waals surface area contributed by atoms with E-state index in [0.29, 0.717) is 11.4 Å². The van der Waals surface area contributed by atoms with Crippen LogP contribution in [-0.4, -0.2) is 21.5 Å². The van der Waals surface area contributed by atoms with Gasteiger partial charge in [0.15, 0.2) is 0 Å². The Morgan fingerprint density at radius 1 is 0.778 bits per heavy atom. The molecule has 0 aromatic carbocycles. The molecule has 0 aliphatic carbocycles. The summed E-state index contributed by atoms with van der Waals surface area (Å²) in [6.45, 7) is 7.35. The summed E-state index contributed by atoms with van der Waals surface area (Å²) in [5.41, 5.74) is 4.11. The Bertz CT molecular complexity index is 576. The standard InChI is InChI=1S/C14H16N2O2/c1-7-5-9(3)15-11(7)13(17)14(18)12-8(2)6-10(4)16-12/h5-6,15-16H,1-4H3. The van der Waals surface area contributed by atoms with Crippen LogP contribution >= 0.6 is 0 Å². The number of carbonyl (C=O) groups is 2. The summed E-state index contributed by atoms with van der Waals surface area (Å²) >= 11 is 0. The second kappa shape index (κ2) is 4.29. The van der Waals surface area contributed by atoms with Crippen molar-refractivity contribution in [3.63, 3.8) is 0 Å². The van der Waals surface area contributed by atoms with Crippen molar-refractivity contribution in [3.05, 3.63) is 46.0 Å². The number of hydrogen-bond donors (Lipinski definition) is 2. The van der Waals surface area contributed by atoms with Gasteiger partial charge < -0.3 is 9.97 Å². The Labute approximate surface area is 105 Å². The molecule has 4 nitrogen and oxygen atoms in total. The molecule has 0 aliphatic heterocycles. The van der Waals surface area contributed by atoms with Crippen LogP contribution in [0.15, 0.2) is 12.1 Å². The molecule has 0 fully saturated rings. The number of carbonyl (C=O) groups excluding carboxylic acids is 2. The molecule has 18 heavy (non-hydrogen) atoms. The minimum absolute atomic E-state index is 0.379. The van der Waals surface area contributed by atoms with Crippen LogP contribution < -0.4 is 0 Å². The number of H-pyrrole nitrogens is 2. The number of aryl methyl sites for hydroxylation is 4. The van der Waals surface area contributed by atoms with Crippen molar-refractivity contribution in [1.29, 1.82) is 0 Å². The van der Waals surface area contributed by atoms with Crippen molar-refractivity contribution >= 4 is 11.6 Å². The fourth-order valence-corrected chi connectivity index (χ4v) is 2.16. The Morgan fingerprint density at radius 2 is 1.11 bits per heavy atom. The first-order valence-electron chi connectivity index (χ1n) is 5.81. The van der Waals surface area contributed by atoms with Gasteiger partial charge in [-0.05, 0) is 51.0 Å². The molecule has 0 amide bonds. The van der Waals surface area contributed by atoms with Crippen molar-refractivity contribution in [2.45, 2.75) is 27.7 Å². The molecule has 2 heterocycles. The van der Waals surface area contributed by atoms with Gasteiger partial charge in [-0.1, -0.05) is 0 Å². The van der Waals surface area contributed by atoms with Crippen LogP contribution in [0.1, 0.15) is 43.5 Å². The molecule has 2 aromatic rings. The van der Waals surface area contributed by atoms with E-state index in [1.165, 1.54) is 0 Å². The number of nitrogens with one attached hydrogen (secondary N) is 2. The maximum Gasteiger partial charge on any atom is 0.251 e. The molecule has 0 saturated heterocycles. The van der Waals surface area contributed by atoms with Crippen molar-refractivity contribution in [1.82, 2.24) is 9.97 Å². The van der Waals surface area contributed by atoms with E-state index < -0.39 is 11.6 Å². The van der Waals surface area contributed by atoms with Crippen LogP contribution in [0, 0.1) is 27.7 Å². The largest absolute Gasteiger partial charge is 0.356 e. The molecule has 0 radical (unpaired) electrons. The Balaban J connectivity index is 2.38. The maximum absolute atomic E-state index is 12.1. The smallest absolute Gasteiger partial charge is 0.251 e. The third kappa shape index (κ3) is 2.01. The number of ketones is 2. The highest BCUT2D eigenvalue weighted by molar-refractivity contribution is 6.48. The first kappa shape index (κ1) is 12.4. The van der Waals surface area contributed by atoms with E-state index in [1.807, 2.05) is 39.8 Å². The molecule has 0 unspecified atom stereocenters. The highest BCUT2D eigenvalue weighted by atomic mass is 16.2. The number of hydrogen-bond acceptors (Lipinski definition) is 2. The van der Waals surface area contributed by atoms with Crippen LogP contribution in [-0.2, 0) is 0 Å². The first-order valence-corrected chi connectivity index (χ1v) is 5.81. The average Bonchev–Trinajstić information content (AvgIpc) is 2.79. The van der Waals surface area contributed by atoms with E-state index in [1.54, 1.807) is 0 Å². The number of aromatic amines is 2. The second-order valence-electron chi connectivity index (χ2n) is 4.68. The zero-order valence-corrected chi connectivity index (χ0v) is 11.0. The summed E-state index contributed by atoms with van der Waals surface area (Å²) in [6, 6.07) is 3.71. The van der Waals surface area contributed by atoms with Crippen molar-refractivity contribution in [2.24, 2.45) is 0 Å². The van der Waals surface area contributed by atoms with Gasteiger partial charge in [0, 0.05) is 11.4 Å². The second-order valence-corrected chi connectivity index (χ2v) is 4.68. The maximum atomic E-state index is 12.1. The van der Waals surface area contributed by atoms with Gasteiger partial charge in [0.1, 0.15) is 0 Å². The van der Waals surface area contributed by atoms with Crippen molar-refractivity contribution in [3.8, 4) is 0 Å². The van der Waals surface area contributed by atoms with Crippen molar-refractivity contribution < 1.29 is 9.59 Å². The van der Waals surface area contributed by atoms with E-state index in [-0.39, 0.29) is 0 Å². The van der Waals surface area contributed by atoms with Crippen LogP contribution in [0.2, 0.25) is 0 Å². The van der Waals surface area contributed by atoms with E-state index in [2.05, 4.69) is 9.97 Å². The molecule has 0 aliphatic rings. The Morgan fingerprint density at radius 3 is 1.33 bits per heavy atom. The summed E-state index contributed by atoms with van der Waals surface area (Å²) in [4.78, 5) is 30.2. The fourth-order valence-electron chi connectivity index (χ4n) is 2.16. The van der Waals surface area contributed by atoms with Gasteiger partial charge in [-0.3, -0.25) is 9.59 Å². The summed E-state index contributed by atoms with van der Waals surface area (Å²) in [5, 5.41) is 0. The Kier molecular flexibility index (Phi) is 2.95. The molecule has 4 heteroatoms. The predicted octanol–water partition coefficient (Wildman–Crippen LogP) is 2.64. The molecular formula is C14H16N2O2. The Hall–Kier alpha value is -2.10. The molecule has 2 rings (SSSR count). The molecule has 2 N–H and O–H groups in total. The van der Waals surface area contributed by atoms with E-state index in [9.17, 15) is 9.59 Å². The van der Waals surface area contributed by atoms with E-state index >= 15 is 0 Å². The van der Waals surface area contributed by atoms with E-state index in [0.717, 1.165) is 22.5 Å². The van der Waals surface area contributed by atoms with E-state index in [4.69, 9.17) is 0 Å². The highest BCUT2D eigenvalue weighted by Crippen LogP contribution is 2.15. The van der Waals surface area contributed by atoms with Crippen LogP contribution in [0.25, 0.3) is 0 Å². The lowest BCUT2D eigenvalue weighted by Crippen LogP contribution is -2.17. The lowest BCUT2D eigenvalue weighted by atomic mass is 10.1. The van der Waals surface area contributed by atoms with Gasteiger partial charge in [-0.15, -0.1) is 0 Å². The number of rotatable bonds is 3. The summed E-state index contributed by atoms with van der Waals surface area (Å²) in [7, 11) is 0. The zero-order valence-electron chi connectivity index (χ0n) is 11.0. The van der Waals surface area contributed by atoms with Gasteiger partial charge in [-0.25, -0.2) is 0 Å². The monoisotopic (exact) mass is 244 g/mol. The van der Waals surface area contributed by atoms with Crippen LogP contribution in [0.3, 0.4) is 0 Å². The van der Waals surface area contributed by atoms with Gasteiger partial charge >= 0.3 is 0 Å². The normalized spacial score (nSPS) is 10.7. The van der Waals surface area contributed by atoms with Crippen LogP contribution in [0.5, 0.6) is 0 Å². The molecule has 0 spiro atoms. The third-order valence-electron chi connectivity index (χ3n) is 2.96. The molecule has 0 bridgehead atoms. The predicted molar refractivity (Wildman–Crippen MR) is 69.2 cm³/mol. The van der Waals surface area contributed by atoms with Crippen LogP contribution in [0.4, 0.5) is 0 Å². The topological polar surface area (TPSA) is 65.7 Å². The minimum Gasteiger partial charge on any atom is -0.356 e. The SMILES string of the molecule is Cc1cc(C)c(C(=O)C(=O)c2[nH]c(C)cc2C)[nH]1. The lowest BCUT2D eigenvalue weighted by Gasteiger charge is -1.99. The summed E-state index contributed by atoms with van der Waals surface area (Å²) < 4.78 is 0. The number of Topliss-reactive ketones (excluding diaryl/α,β-unsaturated/α-hetero) is 2. The first-order chi connectivity index (χ1) is 8.40. The van der Waals surface area contributed by atoms with Gasteiger partial charge in [0.05, 0.1) is 11.4 Å². The third-order valence-corrected chi connectivity index (χ3v) is 2.96. The quantitative estimate of drug-likeness (QED) is 0.644. The van der Waals surface area contributed by atoms with Crippen molar-refractivity contribution in [2.75, 3.05) is 0 Å². The highest BCUT2D eigenvalue weighted by Gasteiger charge is 2.24. The van der Waals surface area contributed by atoms with Gasteiger partial charge in [-0.2, -0.15) is 0 Å². The number of aromatic nitrogens is 2. The lowest BCUT2D eigenvalue weighted by molar-refractivity contribution is 0.0811. The molecule has 2 aromatic heterocycles. The zero-order chi connectivity index (χ0) is 13.4.